The lowest BCUT2D eigenvalue weighted by Crippen LogP contribution is -2.19. The standard InChI is InChI=1S/C19H16F3N5O2/c1-23-18(28)17-14-10-27(25-15(14)5-6-24-17)9-12-7-11-8-13(29-19(20,21)22)3-4-16(11)26(12)2/h3-8,10H,9H2,1-2H3,(H,23,28). The summed E-state index contributed by atoms with van der Waals surface area (Å²) in [5.74, 6) is -0.578. The van der Waals surface area contributed by atoms with Crippen LogP contribution in [0.3, 0.4) is 0 Å². The van der Waals surface area contributed by atoms with Gasteiger partial charge in [-0.3, -0.25) is 14.5 Å². The topological polar surface area (TPSA) is 74.0 Å². The predicted octanol–water partition coefficient (Wildman–Crippen LogP) is 3.23. The molecule has 0 aliphatic rings. The Balaban J connectivity index is 1.69. The number of nitrogens with one attached hydrogen (secondary N) is 1. The first-order chi connectivity index (χ1) is 13.7. The van der Waals surface area contributed by atoms with Gasteiger partial charge in [-0.25, -0.2) is 0 Å². The molecule has 29 heavy (non-hydrogen) atoms. The smallest absolute Gasteiger partial charge is 0.406 e. The fraction of sp³-hybridized carbons (Fsp3) is 0.211. The number of aryl methyl sites for hydroxylation is 1. The van der Waals surface area contributed by atoms with E-state index in [0.717, 1.165) is 11.2 Å². The molecule has 3 heterocycles. The number of ether oxygens (including phenoxy) is 1. The second kappa shape index (κ2) is 6.80. The third kappa shape index (κ3) is 3.60. The largest absolute Gasteiger partial charge is 0.573 e. The summed E-state index contributed by atoms with van der Waals surface area (Å²) in [4.78, 5) is 16.1. The van der Waals surface area contributed by atoms with Gasteiger partial charge in [-0.2, -0.15) is 5.10 Å². The van der Waals surface area contributed by atoms with Gasteiger partial charge in [-0.05, 0) is 30.3 Å². The third-order valence-electron chi connectivity index (χ3n) is 4.59. The molecule has 7 nitrogen and oxygen atoms in total. The molecule has 1 N–H and O–H groups in total. The van der Waals surface area contributed by atoms with Crippen molar-refractivity contribution in [2.24, 2.45) is 7.05 Å². The maximum atomic E-state index is 12.5. The highest BCUT2D eigenvalue weighted by Crippen LogP contribution is 2.28. The Hall–Kier alpha value is -3.56. The molecular weight excluding hydrogens is 387 g/mol. The van der Waals surface area contributed by atoms with Crippen molar-refractivity contribution in [1.29, 1.82) is 0 Å². The van der Waals surface area contributed by atoms with Crippen molar-refractivity contribution in [3.63, 3.8) is 0 Å². The maximum Gasteiger partial charge on any atom is 0.573 e. The second-order valence-electron chi connectivity index (χ2n) is 6.46. The summed E-state index contributed by atoms with van der Waals surface area (Å²) in [5, 5.41) is 8.25. The number of carbonyl (C=O) groups excluding carboxylic acids is 1. The van der Waals surface area contributed by atoms with Crippen LogP contribution in [-0.2, 0) is 13.6 Å². The Morgan fingerprint density at radius 3 is 2.76 bits per heavy atom. The van der Waals surface area contributed by atoms with Crippen LogP contribution in [0.4, 0.5) is 13.2 Å². The number of fused-ring (bicyclic) bond motifs is 2. The summed E-state index contributed by atoms with van der Waals surface area (Å²) in [7, 11) is 3.35. The summed E-state index contributed by atoms with van der Waals surface area (Å²) in [5.41, 5.74) is 2.49. The average molecular weight is 403 g/mol. The fourth-order valence-corrected chi connectivity index (χ4v) is 3.27. The van der Waals surface area contributed by atoms with Gasteiger partial charge < -0.3 is 14.6 Å². The van der Waals surface area contributed by atoms with Gasteiger partial charge in [0.15, 0.2) is 0 Å². The van der Waals surface area contributed by atoms with Crippen molar-refractivity contribution >= 4 is 27.7 Å². The van der Waals surface area contributed by atoms with Gasteiger partial charge >= 0.3 is 6.36 Å². The number of halogens is 3. The molecule has 0 spiro atoms. The van der Waals surface area contributed by atoms with Crippen molar-refractivity contribution in [2.75, 3.05) is 7.05 Å². The van der Waals surface area contributed by atoms with E-state index >= 15 is 0 Å². The van der Waals surface area contributed by atoms with Crippen molar-refractivity contribution in [3.05, 3.63) is 54.1 Å². The van der Waals surface area contributed by atoms with Crippen LogP contribution in [0.1, 0.15) is 16.2 Å². The minimum absolute atomic E-state index is 0.270. The first kappa shape index (κ1) is 18.8. The quantitative estimate of drug-likeness (QED) is 0.568. The third-order valence-corrected chi connectivity index (χ3v) is 4.59. The summed E-state index contributed by atoms with van der Waals surface area (Å²) in [6.07, 6.45) is -1.50. The normalized spacial score (nSPS) is 11.9. The van der Waals surface area contributed by atoms with Crippen molar-refractivity contribution in [2.45, 2.75) is 12.9 Å². The van der Waals surface area contributed by atoms with Gasteiger partial charge in [0.05, 0.1) is 17.4 Å². The van der Waals surface area contributed by atoms with E-state index in [1.54, 1.807) is 29.1 Å². The zero-order chi connectivity index (χ0) is 20.8. The van der Waals surface area contributed by atoms with Crippen LogP contribution >= 0.6 is 0 Å². The van der Waals surface area contributed by atoms with Crippen molar-refractivity contribution < 1.29 is 22.7 Å². The average Bonchev–Trinajstić information content (AvgIpc) is 3.20. The van der Waals surface area contributed by atoms with Crippen LogP contribution in [0.25, 0.3) is 21.8 Å². The lowest BCUT2D eigenvalue weighted by Gasteiger charge is -2.08. The molecule has 0 radical (unpaired) electrons. The lowest BCUT2D eigenvalue weighted by molar-refractivity contribution is -0.274. The van der Waals surface area contributed by atoms with E-state index in [4.69, 9.17) is 0 Å². The molecule has 0 saturated carbocycles. The van der Waals surface area contributed by atoms with Gasteiger partial charge in [0, 0.05) is 43.1 Å². The minimum Gasteiger partial charge on any atom is -0.406 e. The maximum absolute atomic E-state index is 12.5. The molecule has 0 atom stereocenters. The molecule has 0 fully saturated rings. The first-order valence-electron chi connectivity index (χ1n) is 8.63. The molecule has 0 bridgehead atoms. The van der Waals surface area contributed by atoms with Crippen LogP contribution < -0.4 is 10.1 Å². The van der Waals surface area contributed by atoms with Crippen molar-refractivity contribution in [3.8, 4) is 5.75 Å². The molecule has 0 aliphatic carbocycles. The van der Waals surface area contributed by atoms with Crippen LogP contribution in [0, 0.1) is 0 Å². The van der Waals surface area contributed by atoms with E-state index in [-0.39, 0.29) is 17.4 Å². The van der Waals surface area contributed by atoms with Gasteiger partial charge in [-0.15, -0.1) is 13.2 Å². The number of pyridine rings is 1. The van der Waals surface area contributed by atoms with Gasteiger partial charge in [0.25, 0.3) is 5.91 Å². The highest BCUT2D eigenvalue weighted by Gasteiger charge is 2.31. The Morgan fingerprint density at radius 1 is 1.24 bits per heavy atom. The molecule has 1 amide bonds. The molecule has 150 valence electrons. The van der Waals surface area contributed by atoms with E-state index in [9.17, 15) is 18.0 Å². The monoisotopic (exact) mass is 403 g/mol. The lowest BCUT2D eigenvalue weighted by atomic mass is 10.2. The predicted molar refractivity (Wildman–Crippen MR) is 99.6 cm³/mol. The zero-order valence-electron chi connectivity index (χ0n) is 15.5. The highest BCUT2D eigenvalue weighted by molar-refractivity contribution is 6.04. The van der Waals surface area contributed by atoms with Gasteiger partial charge in [-0.1, -0.05) is 0 Å². The van der Waals surface area contributed by atoms with E-state index in [1.807, 2.05) is 11.6 Å². The Labute approximate surface area is 162 Å². The number of aromatic nitrogens is 4. The number of carbonyl (C=O) groups is 1. The molecule has 10 heteroatoms. The van der Waals surface area contributed by atoms with E-state index in [1.165, 1.54) is 25.4 Å². The minimum atomic E-state index is -4.74. The van der Waals surface area contributed by atoms with Crippen LogP contribution in [0.2, 0.25) is 0 Å². The molecule has 3 aromatic heterocycles. The van der Waals surface area contributed by atoms with Gasteiger partial charge in [0.2, 0.25) is 0 Å². The molecule has 4 rings (SSSR count). The van der Waals surface area contributed by atoms with Crippen LogP contribution in [0.5, 0.6) is 5.75 Å². The zero-order valence-corrected chi connectivity index (χ0v) is 15.5. The molecule has 0 saturated heterocycles. The summed E-state index contributed by atoms with van der Waals surface area (Å²) in [6, 6.07) is 7.69. The number of hydrogen-bond acceptors (Lipinski definition) is 4. The van der Waals surface area contributed by atoms with Gasteiger partial charge in [0.1, 0.15) is 11.4 Å². The summed E-state index contributed by atoms with van der Waals surface area (Å²) >= 11 is 0. The number of nitrogens with zero attached hydrogens (tertiary/aromatic N) is 4. The fourth-order valence-electron chi connectivity index (χ4n) is 3.27. The molecular formula is C19H16F3N5O2. The SMILES string of the molecule is CNC(=O)c1nccc2nn(Cc3cc4cc(OC(F)(F)F)ccc4n3C)cc12. The van der Waals surface area contributed by atoms with E-state index < -0.39 is 6.36 Å². The van der Waals surface area contributed by atoms with E-state index in [0.29, 0.717) is 22.8 Å². The number of benzene rings is 1. The van der Waals surface area contributed by atoms with Crippen molar-refractivity contribution in [1.82, 2.24) is 24.6 Å². The summed E-state index contributed by atoms with van der Waals surface area (Å²) in [6.45, 7) is 0.364. The highest BCUT2D eigenvalue weighted by atomic mass is 19.4. The Morgan fingerprint density at radius 2 is 2.03 bits per heavy atom. The first-order valence-corrected chi connectivity index (χ1v) is 8.63. The number of amides is 1. The molecule has 0 aliphatic heterocycles. The molecule has 4 aromatic rings. The molecule has 0 unspecified atom stereocenters. The van der Waals surface area contributed by atoms with Crippen LogP contribution in [0.15, 0.2) is 42.7 Å². The molecule has 1 aromatic carbocycles. The Bertz CT molecular complexity index is 1230. The Kier molecular flexibility index (Phi) is 4.40. The number of alkyl halides is 3. The number of rotatable bonds is 4. The second-order valence-corrected chi connectivity index (χ2v) is 6.46. The summed E-state index contributed by atoms with van der Waals surface area (Å²) < 4.78 is 44.9. The van der Waals surface area contributed by atoms with Crippen LogP contribution in [-0.4, -0.2) is 38.6 Å². The number of hydrogen-bond donors (Lipinski definition) is 1. The van der Waals surface area contributed by atoms with E-state index in [2.05, 4.69) is 20.1 Å².